The number of nitrogens with zero attached hydrogens (tertiary/aromatic N) is 2. The number of amides is 2. The SMILES string of the molecule is C[SiH2]OC(O[SiH2]C)(N1CCCC1)C(C)(CCSCCC(=O)NCC(N)=O)C(=O)OCc1ccc([N+](=O)[O-])cc1. The lowest BCUT2D eigenvalue weighted by Gasteiger charge is -2.51. The molecule has 0 aromatic heterocycles. The molecular weight excluding hydrogens is 561 g/mol. The summed E-state index contributed by atoms with van der Waals surface area (Å²) in [6, 6.07) is 5.90. The number of hydrogen-bond acceptors (Lipinski definition) is 10. The van der Waals surface area contributed by atoms with Gasteiger partial charge in [0.25, 0.3) is 5.69 Å². The molecule has 0 radical (unpaired) electrons. The molecular formula is C24H40N4O8SSi2. The number of nitrogens with one attached hydrogen (secondary N) is 1. The van der Waals surface area contributed by atoms with Crippen molar-refractivity contribution in [2.45, 2.75) is 58.2 Å². The molecule has 2 amide bonds. The molecule has 0 bridgehead atoms. The molecule has 0 spiro atoms. The van der Waals surface area contributed by atoms with Crippen LogP contribution in [-0.4, -0.2) is 84.2 Å². The maximum atomic E-state index is 13.9. The summed E-state index contributed by atoms with van der Waals surface area (Å²) < 4.78 is 18.8. The molecule has 1 aliphatic heterocycles. The van der Waals surface area contributed by atoms with Crippen LogP contribution in [0.5, 0.6) is 0 Å². The molecule has 1 unspecified atom stereocenters. The van der Waals surface area contributed by atoms with Gasteiger partial charge in [0.15, 0.2) is 19.5 Å². The van der Waals surface area contributed by atoms with Crippen molar-refractivity contribution in [3.05, 3.63) is 39.9 Å². The highest BCUT2D eigenvalue weighted by Gasteiger charge is 2.59. The summed E-state index contributed by atoms with van der Waals surface area (Å²) in [5, 5.41) is 13.4. The van der Waals surface area contributed by atoms with Gasteiger partial charge in [0.1, 0.15) is 12.0 Å². The second-order valence-electron chi connectivity index (χ2n) is 9.33. The zero-order chi connectivity index (χ0) is 28.9. The first kappa shape index (κ1) is 32.9. The number of ether oxygens (including phenoxy) is 1. The molecule has 0 saturated carbocycles. The number of thioether (sulfide) groups is 1. The van der Waals surface area contributed by atoms with Gasteiger partial charge >= 0.3 is 5.97 Å². The fourth-order valence-corrected chi connectivity index (χ4v) is 7.73. The van der Waals surface area contributed by atoms with Crippen molar-refractivity contribution in [3.63, 3.8) is 0 Å². The lowest BCUT2D eigenvalue weighted by molar-refractivity contribution is -0.384. The maximum Gasteiger partial charge on any atom is 0.319 e. The van der Waals surface area contributed by atoms with Gasteiger partial charge in [-0.05, 0) is 49.6 Å². The van der Waals surface area contributed by atoms with Crippen LogP contribution in [0.3, 0.4) is 0 Å². The monoisotopic (exact) mass is 600 g/mol. The summed E-state index contributed by atoms with van der Waals surface area (Å²) in [6.07, 6.45) is 2.56. The maximum absolute atomic E-state index is 13.9. The highest BCUT2D eigenvalue weighted by Crippen LogP contribution is 2.45. The lowest BCUT2D eigenvalue weighted by atomic mass is 9.82. The molecule has 1 aromatic carbocycles. The Balaban J connectivity index is 2.21. The van der Waals surface area contributed by atoms with E-state index in [1.807, 2.05) is 20.0 Å². The summed E-state index contributed by atoms with van der Waals surface area (Å²) in [7, 11) is -2.01. The van der Waals surface area contributed by atoms with E-state index in [-0.39, 0.29) is 31.2 Å². The average Bonchev–Trinajstić information content (AvgIpc) is 3.45. The molecule has 1 aromatic rings. The van der Waals surface area contributed by atoms with Crippen molar-refractivity contribution in [3.8, 4) is 0 Å². The molecule has 0 aliphatic carbocycles. The van der Waals surface area contributed by atoms with Crippen LogP contribution < -0.4 is 11.1 Å². The number of benzene rings is 1. The number of rotatable bonds is 18. The van der Waals surface area contributed by atoms with Crippen LogP contribution in [0, 0.1) is 15.5 Å². The molecule has 39 heavy (non-hydrogen) atoms. The number of nitro groups is 1. The molecule has 12 nitrogen and oxygen atoms in total. The van der Waals surface area contributed by atoms with Crippen molar-refractivity contribution in [2.24, 2.45) is 11.1 Å². The second-order valence-corrected chi connectivity index (χ2v) is 12.3. The van der Waals surface area contributed by atoms with Crippen LogP contribution in [0.15, 0.2) is 24.3 Å². The topological polar surface area (TPSA) is 163 Å². The predicted molar refractivity (Wildman–Crippen MR) is 154 cm³/mol. The van der Waals surface area contributed by atoms with E-state index >= 15 is 0 Å². The largest absolute Gasteiger partial charge is 0.460 e. The Kier molecular flexibility index (Phi) is 13.6. The highest BCUT2D eigenvalue weighted by molar-refractivity contribution is 7.99. The van der Waals surface area contributed by atoms with Gasteiger partial charge in [0, 0.05) is 37.4 Å². The normalized spacial score (nSPS) is 17.3. The van der Waals surface area contributed by atoms with Gasteiger partial charge < -0.3 is 24.6 Å². The van der Waals surface area contributed by atoms with Crippen LogP contribution in [0.1, 0.15) is 38.2 Å². The second kappa shape index (κ2) is 16.1. The van der Waals surface area contributed by atoms with E-state index < -0.39 is 47.7 Å². The number of carbonyl (C=O) groups is 3. The standard InChI is InChI=1S/C24H40N4O8SSi2/c1-23(11-15-37-14-10-21(30)26-16-20(25)29,24(35-38-2,36-39-3)27-12-4-5-13-27)22(31)34-17-18-6-8-19(9-7-18)28(32)33/h6-9H,4-5,10-17,38-39H2,1-3H3,(H2,25,29)(H,26,30). The third kappa shape index (κ3) is 9.11. The van der Waals surface area contributed by atoms with Gasteiger partial charge in [-0.25, -0.2) is 0 Å². The van der Waals surface area contributed by atoms with Crippen molar-refractivity contribution in [1.82, 2.24) is 10.2 Å². The summed E-state index contributed by atoms with van der Waals surface area (Å²) >= 11 is 1.52. The number of non-ortho nitro benzene ring substituents is 1. The zero-order valence-corrected chi connectivity index (χ0v) is 26.6. The number of primary amides is 1. The summed E-state index contributed by atoms with van der Waals surface area (Å²) in [6.45, 7) is 7.11. The number of nitrogens with two attached hydrogens (primary N) is 1. The molecule has 1 saturated heterocycles. The van der Waals surface area contributed by atoms with Crippen LogP contribution in [0.25, 0.3) is 0 Å². The van der Waals surface area contributed by atoms with Crippen LogP contribution in [0.4, 0.5) is 5.69 Å². The number of esters is 1. The van der Waals surface area contributed by atoms with Crippen LogP contribution >= 0.6 is 11.8 Å². The Hall–Kier alpha value is -2.31. The molecule has 1 fully saturated rings. The quantitative estimate of drug-likeness (QED) is 0.0615. The first-order chi connectivity index (χ1) is 18.6. The third-order valence-electron chi connectivity index (χ3n) is 6.55. The van der Waals surface area contributed by atoms with Gasteiger partial charge in [-0.1, -0.05) is 13.1 Å². The molecule has 1 heterocycles. The fourth-order valence-electron chi connectivity index (χ4n) is 4.52. The van der Waals surface area contributed by atoms with Gasteiger partial charge in [-0.2, -0.15) is 11.8 Å². The van der Waals surface area contributed by atoms with E-state index in [9.17, 15) is 24.5 Å². The van der Waals surface area contributed by atoms with Crippen molar-refractivity contribution < 1.29 is 32.9 Å². The highest BCUT2D eigenvalue weighted by atomic mass is 32.2. The minimum atomic E-state index is -1.22. The number of carbonyl (C=O) groups excluding carboxylic acids is 3. The van der Waals surface area contributed by atoms with E-state index in [1.54, 1.807) is 12.1 Å². The van der Waals surface area contributed by atoms with Crippen LogP contribution in [0.2, 0.25) is 13.1 Å². The van der Waals surface area contributed by atoms with Gasteiger partial charge in [0.05, 0.1) is 11.5 Å². The minimum Gasteiger partial charge on any atom is -0.460 e. The van der Waals surface area contributed by atoms with E-state index in [1.165, 1.54) is 23.9 Å². The van der Waals surface area contributed by atoms with Crippen molar-refractivity contribution >= 4 is 54.8 Å². The molecule has 218 valence electrons. The Morgan fingerprint density at radius 1 is 1.13 bits per heavy atom. The predicted octanol–water partition coefficient (Wildman–Crippen LogP) is 0.806. The smallest absolute Gasteiger partial charge is 0.319 e. The van der Waals surface area contributed by atoms with Crippen LogP contribution in [-0.2, 0) is 34.6 Å². The molecule has 1 atom stereocenters. The Morgan fingerprint density at radius 3 is 2.28 bits per heavy atom. The van der Waals surface area contributed by atoms with Crippen molar-refractivity contribution in [1.29, 1.82) is 0 Å². The van der Waals surface area contributed by atoms with E-state index in [0.29, 0.717) is 23.5 Å². The Bertz CT molecular complexity index is 975. The van der Waals surface area contributed by atoms with Gasteiger partial charge in [0.2, 0.25) is 17.7 Å². The van der Waals surface area contributed by atoms with Gasteiger partial charge in [-0.3, -0.25) is 29.4 Å². The lowest BCUT2D eigenvalue weighted by Crippen LogP contribution is -2.65. The van der Waals surface area contributed by atoms with E-state index in [4.69, 9.17) is 19.3 Å². The summed E-state index contributed by atoms with van der Waals surface area (Å²) in [5.74, 6) is -1.50. The number of hydrogen-bond donors (Lipinski definition) is 2. The minimum absolute atomic E-state index is 0.0362. The molecule has 15 heteroatoms. The molecule has 3 N–H and O–H groups in total. The van der Waals surface area contributed by atoms with Gasteiger partial charge in [-0.15, -0.1) is 0 Å². The fraction of sp³-hybridized carbons (Fsp3) is 0.625. The first-order valence-corrected chi connectivity index (χ1v) is 18.3. The van der Waals surface area contributed by atoms with E-state index in [2.05, 4.69) is 10.2 Å². The first-order valence-electron chi connectivity index (χ1n) is 13.2. The van der Waals surface area contributed by atoms with E-state index in [0.717, 1.165) is 25.9 Å². The number of likely N-dealkylation sites (tertiary alicyclic amines) is 1. The summed E-state index contributed by atoms with van der Waals surface area (Å²) in [5.41, 5.74) is 4.50. The van der Waals surface area contributed by atoms with Crippen molar-refractivity contribution in [2.75, 3.05) is 31.1 Å². The Labute approximate surface area is 238 Å². The third-order valence-corrected chi connectivity index (χ3v) is 8.89. The Morgan fingerprint density at radius 2 is 1.74 bits per heavy atom. The molecule has 1 aliphatic rings. The zero-order valence-electron chi connectivity index (χ0n) is 22.9. The number of nitro benzene ring substituents is 1. The average molecular weight is 601 g/mol. The summed E-state index contributed by atoms with van der Waals surface area (Å²) in [4.78, 5) is 49.3. The molecule has 2 rings (SSSR count).